The highest BCUT2D eigenvalue weighted by molar-refractivity contribution is 7.88. The molecule has 2 N–H and O–H groups in total. The number of nitrogens with zero attached hydrogens (tertiary/aromatic N) is 3. The fourth-order valence-electron chi connectivity index (χ4n) is 5.26. The number of aromatic nitrogens is 1. The van der Waals surface area contributed by atoms with E-state index in [1.807, 2.05) is 21.8 Å². The first-order valence-electron chi connectivity index (χ1n) is 11.8. The topological polar surface area (TPSA) is 112 Å². The highest BCUT2D eigenvalue weighted by Gasteiger charge is 2.41. The molecule has 1 saturated carbocycles. The third-order valence-corrected chi connectivity index (χ3v) is 8.90. The van der Waals surface area contributed by atoms with Crippen molar-refractivity contribution in [3.63, 3.8) is 0 Å². The summed E-state index contributed by atoms with van der Waals surface area (Å²) in [4.78, 5) is 31.3. The lowest BCUT2D eigenvalue weighted by Crippen LogP contribution is -2.40. The van der Waals surface area contributed by atoms with Crippen LogP contribution in [0.15, 0.2) is 24.3 Å². The van der Waals surface area contributed by atoms with Crippen LogP contribution in [-0.4, -0.2) is 61.7 Å². The predicted octanol–water partition coefficient (Wildman–Crippen LogP) is 2.45. The number of carbonyl (C=O) groups is 2. The third-order valence-electron chi connectivity index (χ3n) is 7.05. The van der Waals surface area contributed by atoms with Crippen LogP contribution in [0.25, 0.3) is 10.9 Å². The van der Waals surface area contributed by atoms with Gasteiger partial charge in [0.15, 0.2) is 0 Å². The van der Waals surface area contributed by atoms with E-state index >= 15 is 0 Å². The van der Waals surface area contributed by atoms with Crippen LogP contribution < -0.4 is 14.9 Å². The van der Waals surface area contributed by atoms with E-state index in [-0.39, 0.29) is 18.5 Å². The monoisotopic (exact) mass is 505 g/mol. The molecular formula is C23H28ClN5O4S. The lowest BCUT2D eigenvalue weighted by atomic mass is 9.89. The van der Waals surface area contributed by atoms with E-state index in [1.165, 1.54) is 23.6 Å². The van der Waals surface area contributed by atoms with E-state index in [4.69, 9.17) is 16.6 Å². The number of hydrogen-bond acceptors (Lipinski definition) is 6. The first-order chi connectivity index (χ1) is 16.3. The molecule has 2 saturated heterocycles. The Labute approximate surface area is 204 Å². The maximum atomic E-state index is 13.0. The van der Waals surface area contributed by atoms with Crippen molar-refractivity contribution in [2.45, 2.75) is 44.6 Å². The molecule has 0 radical (unpaired) electrons. The van der Waals surface area contributed by atoms with E-state index in [0.29, 0.717) is 59.3 Å². The van der Waals surface area contributed by atoms with Gasteiger partial charge in [-0.25, -0.2) is 9.71 Å². The molecule has 1 aromatic carbocycles. The summed E-state index contributed by atoms with van der Waals surface area (Å²) in [5.41, 5.74) is 1.08. The van der Waals surface area contributed by atoms with E-state index in [1.54, 1.807) is 12.1 Å². The summed E-state index contributed by atoms with van der Waals surface area (Å²) < 4.78 is 27.6. The van der Waals surface area contributed by atoms with Gasteiger partial charge in [-0.1, -0.05) is 30.9 Å². The number of amides is 2. The molecule has 34 heavy (non-hydrogen) atoms. The number of halogens is 1. The number of benzene rings is 1. The molecule has 1 aliphatic carbocycles. The highest BCUT2D eigenvalue weighted by Crippen LogP contribution is 2.30. The number of hydrogen-bond donors (Lipinski definition) is 2. The van der Waals surface area contributed by atoms with Crippen molar-refractivity contribution in [2.75, 3.05) is 31.1 Å². The minimum Gasteiger partial charge on any atom is -0.355 e. The number of carbonyl (C=O) groups excluding carboxylic acids is 2. The van der Waals surface area contributed by atoms with Gasteiger partial charge in [-0.05, 0) is 49.4 Å². The van der Waals surface area contributed by atoms with Gasteiger partial charge >= 0.3 is 10.2 Å². The summed E-state index contributed by atoms with van der Waals surface area (Å²) in [6.45, 7) is 1.56. The van der Waals surface area contributed by atoms with Gasteiger partial charge in [0, 0.05) is 31.1 Å². The van der Waals surface area contributed by atoms with E-state index in [9.17, 15) is 18.0 Å². The van der Waals surface area contributed by atoms with Crippen LogP contribution in [0, 0.1) is 5.92 Å². The summed E-state index contributed by atoms with van der Waals surface area (Å²) in [6, 6.07) is 6.87. The molecule has 3 heterocycles. The molecule has 2 amide bonds. The number of rotatable bonds is 5. The van der Waals surface area contributed by atoms with Crippen LogP contribution in [0.5, 0.6) is 0 Å². The predicted molar refractivity (Wildman–Crippen MR) is 130 cm³/mol. The Bertz CT molecular complexity index is 1230. The zero-order chi connectivity index (χ0) is 23.9. The van der Waals surface area contributed by atoms with E-state index in [2.05, 4.69) is 5.32 Å². The minimum absolute atomic E-state index is 0.149. The van der Waals surface area contributed by atoms with Gasteiger partial charge in [-0.15, -0.1) is 0 Å². The Kier molecular flexibility index (Phi) is 6.39. The second kappa shape index (κ2) is 9.31. The summed E-state index contributed by atoms with van der Waals surface area (Å²) in [6.07, 6.45) is 6.60. The minimum atomic E-state index is -3.77. The van der Waals surface area contributed by atoms with E-state index in [0.717, 1.165) is 12.8 Å². The molecule has 5 rings (SSSR count). The van der Waals surface area contributed by atoms with Crippen LogP contribution in [0.2, 0.25) is 5.02 Å². The Morgan fingerprint density at radius 2 is 1.94 bits per heavy atom. The molecule has 11 heteroatoms. The quantitative estimate of drug-likeness (QED) is 0.645. The number of anilines is 1. The van der Waals surface area contributed by atoms with Gasteiger partial charge in [0.2, 0.25) is 5.91 Å². The van der Waals surface area contributed by atoms with Crippen molar-refractivity contribution in [3.8, 4) is 0 Å². The Balaban J connectivity index is 1.33. The van der Waals surface area contributed by atoms with Crippen molar-refractivity contribution >= 4 is 50.3 Å². The van der Waals surface area contributed by atoms with Gasteiger partial charge in [-0.3, -0.25) is 9.59 Å². The number of pyridine rings is 1. The van der Waals surface area contributed by atoms with Crippen LogP contribution >= 0.6 is 11.6 Å². The maximum absolute atomic E-state index is 13.0. The molecule has 1 atom stereocenters. The zero-order valence-corrected chi connectivity index (χ0v) is 20.4. The maximum Gasteiger partial charge on any atom is 0.304 e. The van der Waals surface area contributed by atoms with Crippen molar-refractivity contribution < 1.29 is 18.0 Å². The molecule has 3 fully saturated rings. The van der Waals surface area contributed by atoms with Gasteiger partial charge < -0.3 is 10.2 Å². The van der Waals surface area contributed by atoms with Crippen molar-refractivity contribution in [1.82, 2.24) is 19.3 Å². The second-order valence-corrected chi connectivity index (χ2v) is 11.4. The zero-order valence-electron chi connectivity index (χ0n) is 18.8. The number of nitrogens with one attached hydrogen (secondary N) is 2. The molecule has 0 spiro atoms. The summed E-state index contributed by atoms with van der Waals surface area (Å²) in [7, 11) is -3.77. The summed E-state index contributed by atoms with van der Waals surface area (Å²) in [5.74, 6) is 0.521. The normalized spacial score (nSPS) is 23.4. The van der Waals surface area contributed by atoms with Gasteiger partial charge in [0.25, 0.3) is 5.91 Å². The molecule has 1 unspecified atom stereocenters. The van der Waals surface area contributed by atoms with Crippen molar-refractivity contribution in [1.29, 1.82) is 0 Å². The van der Waals surface area contributed by atoms with Gasteiger partial charge in [0.1, 0.15) is 5.82 Å². The standard InChI is InChI=1S/C23H28ClN5O4S/c24-18-7-8-19-17(22(18)23(31)25-12-15-4-2-1-3-5-15)6-9-20(26-19)28-11-10-16(13-28)29-14-21(30)27-34(29,32)33/h6-9,15-16H,1-5,10-14H2,(H,25,31)(H,27,30). The highest BCUT2D eigenvalue weighted by atomic mass is 35.5. The Hall–Kier alpha value is -2.43. The van der Waals surface area contributed by atoms with Gasteiger partial charge in [0.05, 0.1) is 22.6 Å². The fourth-order valence-corrected chi connectivity index (χ4v) is 6.83. The molecule has 2 aliphatic heterocycles. The van der Waals surface area contributed by atoms with E-state index < -0.39 is 16.1 Å². The summed E-state index contributed by atoms with van der Waals surface area (Å²) in [5, 5.41) is 4.14. The summed E-state index contributed by atoms with van der Waals surface area (Å²) >= 11 is 6.42. The van der Waals surface area contributed by atoms with Crippen LogP contribution in [0.3, 0.4) is 0 Å². The Morgan fingerprint density at radius 1 is 1.15 bits per heavy atom. The molecule has 1 aromatic heterocycles. The third kappa shape index (κ3) is 4.58. The molecule has 3 aliphatic rings. The lowest BCUT2D eigenvalue weighted by molar-refractivity contribution is -0.118. The molecule has 0 bridgehead atoms. The van der Waals surface area contributed by atoms with Crippen molar-refractivity contribution in [2.24, 2.45) is 5.92 Å². The second-order valence-electron chi connectivity index (χ2n) is 9.34. The first kappa shape index (κ1) is 23.3. The average molecular weight is 506 g/mol. The Morgan fingerprint density at radius 3 is 2.68 bits per heavy atom. The fraction of sp³-hybridized carbons (Fsp3) is 0.522. The van der Waals surface area contributed by atoms with Crippen LogP contribution in [0.1, 0.15) is 48.9 Å². The van der Waals surface area contributed by atoms with Gasteiger partial charge in [-0.2, -0.15) is 12.7 Å². The van der Waals surface area contributed by atoms with Crippen LogP contribution in [0.4, 0.5) is 5.82 Å². The lowest BCUT2D eigenvalue weighted by Gasteiger charge is -2.22. The first-order valence-corrected chi connectivity index (χ1v) is 13.6. The number of fused-ring (bicyclic) bond motifs is 1. The SMILES string of the molecule is O=C1CN(C2CCN(c3ccc4c(C(=O)NCC5CCCCC5)c(Cl)ccc4n3)C2)S(=O)(=O)N1. The average Bonchev–Trinajstić information content (AvgIpc) is 3.41. The van der Waals surface area contributed by atoms with Crippen molar-refractivity contribution in [3.05, 3.63) is 34.9 Å². The van der Waals surface area contributed by atoms with Crippen LogP contribution in [-0.2, 0) is 15.0 Å². The molecular weight excluding hydrogens is 478 g/mol. The molecule has 9 nitrogen and oxygen atoms in total. The smallest absolute Gasteiger partial charge is 0.304 e. The largest absolute Gasteiger partial charge is 0.355 e. The molecule has 2 aromatic rings. The molecule has 182 valence electrons.